The molecular formula is C30H38N6O4S. The van der Waals surface area contributed by atoms with Gasteiger partial charge in [-0.05, 0) is 60.7 Å². The molecule has 218 valence electrons. The van der Waals surface area contributed by atoms with Gasteiger partial charge in [-0.15, -0.1) is 4.31 Å². The molecule has 1 fully saturated rings. The maximum Gasteiger partial charge on any atom is 0.304 e. The third-order valence-corrected chi connectivity index (χ3v) is 9.59. The molecule has 0 aliphatic carbocycles. The van der Waals surface area contributed by atoms with Gasteiger partial charge in [0.2, 0.25) is 4.90 Å². The van der Waals surface area contributed by atoms with E-state index < -0.39 is 23.2 Å². The Balaban J connectivity index is 1.50. The number of aromatic nitrogens is 1. The van der Waals surface area contributed by atoms with E-state index in [4.69, 9.17) is 16.3 Å². The average molecular weight is 579 g/mol. The van der Waals surface area contributed by atoms with E-state index in [0.717, 1.165) is 33.6 Å². The van der Waals surface area contributed by atoms with Crippen LogP contribution >= 0.6 is 0 Å². The topological polar surface area (TPSA) is 144 Å². The number of aryl methyl sites for hydroxylation is 1. The minimum absolute atomic E-state index is 0.0291. The second kappa shape index (κ2) is 12.3. The van der Waals surface area contributed by atoms with E-state index in [1.165, 1.54) is 0 Å². The summed E-state index contributed by atoms with van der Waals surface area (Å²) in [6.07, 6.45) is 1.65. The van der Waals surface area contributed by atoms with Crippen molar-refractivity contribution >= 4 is 34.5 Å². The van der Waals surface area contributed by atoms with Gasteiger partial charge in [0.1, 0.15) is 0 Å². The normalized spacial score (nSPS) is 19.7. The molecule has 3 heterocycles. The first-order valence-corrected chi connectivity index (χ1v) is 15.0. The molecule has 11 heteroatoms. The zero-order chi connectivity index (χ0) is 29.3. The fourth-order valence-electron chi connectivity index (χ4n) is 5.76. The van der Waals surface area contributed by atoms with Gasteiger partial charge in [-0.1, -0.05) is 24.3 Å². The number of carbonyl (C=O) groups is 1. The number of nitrogen functional groups attached to an aromatic ring is 1. The van der Waals surface area contributed by atoms with Crippen LogP contribution in [0.2, 0.25) is 0 Å². The van der Waals surface area contributed by atoms with Crippen molar-refractivity contribution in [3.63, 3.8) is 0 Å². The summed E-state index contributed by atoms with van der Waals surface area (Å²) in [5.41, 5.74) is 12.3. The maximum absolute atomic E-state index is 13.9. The van der Waals surface area contributed by atoms with Crippen LogP contribution in [0.25, 0.3) is 0 Å². The summed E-state index contributed by atoms with van der Waals surface area (Å²) in [5, 5.41) is 11.5. The number of nitrogens with zero attached hydrogens (tertiary/aromatic N) is 4. The Morgan fingerprint density at radius 3 is 2.85 bits per heavy atom. The lowest BCUT2D eigenvalue weighted by atomic mass is 9.84. The molecule has 5 N–H and O–H groups in total. The molecule has 0 amide bonds. The molecule has 0 bridgehead atoms. The van der Waals surface area contributed by atoms with Crippen LogP contribution in [0.15, 0.2) is 53.6 Å². The summed E-state index contributed by atoms with van der Waals surface area (Å²) in [7, 11) is 0. The number of benzene rings is 2. The molecule has 0 saturated carbocycles. The molecule has 41 heavy (non-hydrogen) atoms. The second-order valence-corrected chi connectivity index (χ2v) is 12.1. The first-order valence-electron chi connectivity index (χ1n) is 13.9. The van der Waals surface area contributed by atoms with Crippen LogP contribution in [-0.4, -0.2) is 63.8 Å². The lowest BCUT2D eigenvalue weighted by Crippen LogP contribution is -2.50. The van der Waals surface area contributed by atoms with Crippen LogP contribution in [0.1, 0.15) is 47.1 Å². The summed E-state index contributed by atoms with van der Waals surface area (Å²) in [4.78, 5) is 19.5. The zero-order valence-corrected chi connectivity index (χ0v) is 24.6. The molecule has 2 aromatic carbocycles. The predicted octanol–water partition coefficient (Wildman–Crippen LogP) is 3.33. The number of fused-ring (bicyclic) bond motifs is 3. The minimum Gasteiger partial charge on any atom is -0.593 e. The fourth-order valence-corrected chi connectivity index (χ4v) is 7.13. The molecule has 2 aliphatic heterocycles. The monoisotopic (exact) mass is 578 g/mol. The number of nitrogens with two attached hydrogens (primary N) is 2. The van der Waals surface area contributed by atoms with Crippen LogP contribution < -0.4 is 21.5 Å². The Bertz CT molecular complexity index is 1420. The molecule has 5 rings (SSSR count). The van der Waals surface area contributed by atoms with Crippen molar-refractivity contribution in [2.45, 2.75) is 50.6 Å². The molecule has 2 unspecified atom stereocenters. The maximum atomic E-state index is 13.9. The predicted molar refractivity (Wildman–Crippen MR) is 161 cm³/mol. The minimum atomic E-state index is -1.43. The molecule has 3 atom stereocenters. The SMILES string of the molecule is CCN(N)c1ccc(C(CC(=O)O)c2ccc(C)c(CN3C[C@@H]4COCCN4c4ncccc4[S+]3[O-])c2)c(C)c1N. The molecule has 0 spiro atoms. The highest BCUT2D eigenvalue weighted by Gasteiger charge is 2.39. The van der Waals surface area contributed by atoms with Gasteiger partial charge in [0.25, 0.3) is 0 Å². The third kappa shape index (κ3) is 5.86. The highest BCUT2D eigenvalue weighted by atomic mass is 32.2. The van der Waals surface area contributed by atoms with Crippen LogP contribution in [0.4, 0.5) is 17.2 Å². The Morgan fingerprint density at radius 2 is 2.10 bits per heavy atom. The van der Waals surface area contributed by atoms with Crippen LogP contribution in [0, 0.1) is 13.8 Å². The van der Waals surface area contributed by atoms with E-state index in [-0.39, 0.29) is 12.5 Å². The van der Waals surface area contributed by atoms with Crippen molar-refractivity contribution in [3.8, 4) is 0 Å². The van der Waals surface area contributed by atoms with Crippen molar-refractivity contribution < 1.29 is 19.2 Å². The molecule has 1 aromatic heterocycles. The number of pyridine rings is 1. The Labute approximate surface area is 244 Å². The van der Waals surface area contributed by atoms with Gasteiger partial charge in [0, 0.05) is 31.3 Å². The molecule has 2 aliphatic rings. The smallest absolute Gasteiger partial charge is 0.304 e. The lowest BCUT2D eigenvalue weighted by Gasteiger charge is -2.35. The number of hydrogen-bond donors (Lipinski definition) is 3. The van der Waals surface area contributed by atoms with E-state index >= 15 is 0 Å². The molecule has 1 saturated heterocycles. The van der Waals surface area contributed by atoms with Crippen molar-refractivity contribution in [1.82, 2.24) is 9.29 Å². The van der Waals surface area contributed by atoms with E-state index in [1.54, 1.807) is 11.2 Å². The summed E-state index contributed by atoms with van der Waals surface area (Å²) < 4.78 is 21.7. The Kier molecular flexibility index (Phi) is 8.71. The number of aliphatic carboxylic acids is 1. The van der Waals surface area contributed by atoms with Crippen LogP contribution in [0.5, 0.6) is 0 Å². The van der Waals surface area contributed by atoms with Crippen LogP contribution in [-0.2, 0) is 27.4 Å². The van der Waals surface area contributed by atoms with Crippen molar-refractivity contribution in [1.29, 1.82) is 0 Å². The van der Waals surface area contributed by atoms with Gasteiger partial charge in [0.05, 0.1) is 61.5 Å². The van der Waals surface area contributed by atoms with Gasteiger partial charge >= 0.3 is 5.97 Å². The van der Waals surface area contributed by atoms with E-state index in [9.17, 15) is 14.5 Å². The van der Waals surface area contributed by atoms with Gasteiger partial charge in [-0.3, -0.25) is 4.79 Å². The Morgan fingerprint density at radius 1 is 1.29 bits per heavy atom. The zero-order valence-electron chi connectivity index (χ0n) is 23.7. The lowest BCUT2D eigenvalue weighted by molar-refractivity contribution is -0.137. The standard InChI is InChI=1S/C30H38N6O4S/c1-4-36(32)26-10-9-24(20(3)29(26)31)25(15-28(37)38)21-8-7-19(2)22(14-21)16-34-17-23-18-40-13-12-35(23)30-27(41(34)39)6-5-11-33-30/h5-11,14,23,25H,4,12-13,15-18,31-32H2,1-3H3,(H,37,38)/t23-,25?,41?/m1/s1. The van der Waals surface area contributed by atoms with E-state index in [2.05, 4.69) is 16.0 Å². The van der Waals surface area contributed by atoms with Gasteiger partial charge < -0.3 is 30.0 Å². The van der Waals surface area contributed by atoms with E-state index in [1.807, 2.05) is 61.5 Å². The number of anilines is 3. The quantitative estimate of drug-likeness (QED) is 0.158. The first-order chi connectivity index (χ1) is 19.7. The average Bonchev–Trinajstić information content (AvgIpc) is 3.08. The molecule has 3 aromatic rings. The summed E-state index contributed by atoms with van der Waals surface area (Å²) >= 11 is -1.43. The molecule has 10 nitrogen and oxygen atoms in total. The van der Waals surface area contributed by atoms with Gasteiger partial charge in [-0.25, -0.2) is 10.8 Å². The number of carboxylic acid groups (broad SMARTS) is 1. The molecular weight excluding hydrogens is 540 g/mol. The number of hydrogen-bond acceptors (Lipinski definition) is 9. The Hall–Kier alpha value is -3.35. The number of carboxylic acids is 1. The highest BCUT2D eigenvalue weighted by molar-refractivity contribution is 7.89. The number of ether oxygens (including phenoxy) is 1. The first kappa shape index (κ1) is 29.2. The highest BCUT2D eigenvalue weighted by Crippen LogP contribution is 2.38. The van der Waals surface area contributed by atoms with Crippen molar-refractivity contribution in [3.05, 3.63) is 76.5 Å². The van der Waals surface area contributed by atoms with Crippen molar-refractivity contribution in [2.75, 3.05) is 48.5 Å². The van der Waals surface area contributed by atoms with Gasteiger partial charge in [-0.2, -0.15) is 0 Å². The largest absolute Gasteiger partial charge is 0.593 e. The fraction of sp³-hybridized carbons (Fsp3) is 0.400. The van der Waals surface area contributed by atoms with Gasteiger partial charge in [0.15, 0.2) is 5.82 Å². The number of morpholine rings is 1. The van der Waals surface area contributed by atoms with Crippen LogP contribution in [0.3, 0.4) is 0 Å². The number of hydrazine groups is 1. The summed E-state index contributed by atoms with van der Waals surface area (Å²) in [6.45, 7) is 9.30. The summed E-state index contributed by atoms with van der Waals surface area (Å²) in [5.74, 6) is 5.55. The second-order valence-electron chi connectivity index (χ2n) is 10.7. The third-order valence-electron chi connectivity index (χ3n) is 8.15. The van der Waals surface area contributed by atoms with E-state index in [0.29, 0.717) is 55.7 Å². The molecule has 0 radical (unpaired) electrons. The van der Waals surface area contributed by atoms with Crippen molar-refractivity contribution in [2.24, 2.45) is 5.84 Å². The number of rotatable bonds is 8. The summed E-state index contributed by atoms with van der Waals surface area (Å²) in [6, 6.07) is 13.6.